The Kier molecular flexibility index (Phi) is 4.91. The topological polar surface area (TPSA) is 101 Å². The van der Waals surface area contributed by atoms with E-state index in [2.05, 4.69) is 15.5 Å². The van der Waals surface area contributed by atoms with Gasteiger partial charge in [-0.2, -0.15) is 5.10 Å². The van der Waals surface area contributed by atoms with Crippen LogP contribution in [0.3, 0.4) is 0 Å². The minimum Gasteiger partial charge on any atom is -0.364 e. The lowest BCUT2D eigenvalue weighted by Crippen LogP contribution is -2.20. The molecule has 1 aromatic heterocycles. The normalized spacial score (nSPS) is 11.1. The Bertz CT molecular complexity index is 787. The number of nitrogens with zero attached hydrogens (tertiary/aromatic N) is 1. The molecule has 9 heteroatoms. The zero-order valence-electron chi connectivity index (χ0n) is 12.9. The Hall–Kier alpha value is -2.84. The smallest absolute Gasteiger partial charge is 0.271 e. The summed E-state index contributed by atoms with van der Waals surface area (Å²) >= 11 is 0. The maximum absolute atomic E-state index is 14.1. The van der Waals surface area contributed by atoms with Crippen molar-refractivity contribution in [3.63, 3.8) is 0 Å². The van der Waals surface area contributed by atoms with Gasteiger partial charge in [-0.05, 0) is 12.0 Å². The number of carbonyl (C=O) groups excluding carboxylic acids is 2. The summed E-state index contributed by atoms with van der Waals surface area (Å²) in [5.74, 6) is -3.35. The van der Waals surface area contributed by atoms with Crippen molar-refractivity contribution < 1.29 is 22.8 Å². The van der Waals surface area contributed by atoms with Crippen LogP contribution < -0.4 is 11.1 Å². The number of rotatable bonds is 5. The van der Waals surface area contributed by atoms with Gasteiger partial charge in [-0.25, -0.2) is 13.2 Å². The van der Waals surface area contributed by atoms with Gasteiger partial charge >= 0.3 is 0 Å². The number of carbonyl (C=O) groups is 2. The van der Waals surface area contributed by atoms with Crippen LogP contribution in [0.1, 0.15) is 58.3 Å². The van der Waals surface area contributed by atoms with Gasteiger partial charge in [0.05, 0.1) is 22.5 Å². The van der Waals surface area contributed by atoms with E-state index in [9.17, 15) is 22.8 Å². The quantitative estimate of drug-likeness (QED) is 0.780. The van der Waals surface area contributed by atoms with Crippen molar-refractivity contribution >= 4 is 17.5 Å². The van der Waals surface area contributed by atoms with Crippen LogP contribution in [-0.2, 0) is 0 Å². The lowest BCUT2D eigenvalue weighted by atomic mass is 10.1. The fraction of sp³-hybridized carbons (Fsp3) is 0.267. The minimum atomic E-state index is -3.06. The largest absolute Gasteiger partial charge is 0.364 e. The van der Waals surface area contributed by atoms with E-state index in [1.807, 2.05) is 0 Å². The number of hydrogen-bond donors (Lipinski definition) is 3. The van der Waals surface area contributed by atoms with Crippen molar-refractivity contribution in [3.05, 3.63) is 46.5 Å². The first-order valence-electron chi connectivity index (χ1n) is 7.00. The minimum absolute atomic E-state index is 0.00403. The highest BCUT2D eigenvalue weighted by Crippen LogP contribution is 2.28. The lowest BCUT2D eigenvalue weighted by molar-refractivity contribution is 0.0996. The molecular weight excluding hydrogens is 325 g/mol. The summed E-state index contributed by atoms with van der Waals surface area (Å²) in [5.41, 5.74) is 3.92. The van der Waals surface area contributed by atoms with Crippen LogP contribution in [0, 0.1) is 5.82 Å². The fourth-order valence-corrected chi connectivity index (χ4v) is 2.15. The molecule has 0 saturated heterocycles. The maximum atomic E-state index is 14.1. The molecule has 2 amide bonds. The maximum Gasteiger partial charge on any atom is 0.271 e. The molecule has 0 aliphatic carbocycles. The van der Waals surface area contributed by atoms with Crippen molar-refractivity contribution in [3.8, 4) is 0 Å². The number of halogens is 3. The second-order valence-corrected chi connectivity index (χ2v) is 5.34. The molecule has 4 N–H and O–H groups in total. The number of benzene rings is 1. The third kappa shape index (κ3) is 3.24. The van der Waals surface area contributed by atoms with E-state index < -0.39 is 35.2 Å². The molecule has 128 valence electrons. The summed E-state index contributed by atoms with van der Waals surface area (Å²) in [7, 11) is 0. The van der Waals surface area contributed by atoms with E-state index in [0.717, 1.165) is 18.2 Å². The second kappa shape index (κ2) is 6.73. The Morgan fingerprint density at radius 2 is 1.96 bits per heavy atom. The number of hydrogen-bond acceptors (Lipinski definition) is 3. The molecule has 0 spiro atoms. The van der Waals surface area contributed by atoms with Crippen molar-refractivity contribution in [1.29, 1.82) is 0 Å². The second-order valence-electron chi connectivity index (χ2n) is 5.34. The summed E-state index contributed by atoms with van der Waals surface area (Å²) in [4.78, 5) is 23.7. The van der Waals surface area contributed by atoms with Crippen LogP contribution in [0.2, 0.25) is 0 Å². The van der Waals surface area contributed by atoms with E-state index in [-0.39, 0.29) is 17.3 Å². The van der Waals surface area contributed by atoms with Gasteiger partial charge in [0, 0.05) is 0 Å². The van der Waals surface area contributed by atoms with Crippen molar-refractivity contribution in [1.82, 2.24) is 10.2 Å². The summed E-state index contributed by atoms with van der Waals surface area (Å²) < 4.78 is 39.5. The van der Waals surface area contributed by atoms with Crippen LogP contribution in [-0.4, -0.2) is 22.0 Å². The highest BCUT2D eigenvalue weighted by atomic mass is 19.3. The highest BCUT2D eigenvalue weighted by Gasteiger charge is 2.24. The van der Waals surface area contributed by atoms with Gasteiger partial charge in [0.15, 0.2) is 5.69 Å². The molecule has 2 aromatic rings. The van der Waals surface area contributed by atoms with Crippen molar-refractivity contribution in [2.75, 3.05) is 5.32 Å². The number of aromatic amines is 1. The molecule has 0 unspecified atom stereocenters. The fourth-order valence-electron chi connectivity index (χ4n) is 2.15. The van der Waals surface area contributed by atoms with Gasteiger partial charge in [0.2, 0.25) is 0 Å². The van der Waals surface area contributed by atoms with Crippen LogP contribution in [0.5, 0.6) is 0 Å². The first-order chi connectivity index (χ1) is 11.2. The van der Waals surface area contributed by atoms with E-state index in [0.29, 0.717) is 5.69 Å². The van der Waals surface area contributed by atoms with Crippen LogP contribution in [0.25, 0.3) is 0 Å². The molecule has 0 bridgehead atoms. The van der Waals surface area contributed by atoms with E-state index in [4.69, 9.17) is 5.73 Å². The molecule has 1 aromatic carbocycles. The molecule has 0 saturated carbocycles. The Morgan fingerprint density at radius 3 is 2.50 bits per heavy atom. The SMILES string of the molecule is CC(C)c1[nH]nc(C(N)=O)c1NC(=O)c1cccc(C(F)F)c1F. The van der Waals surface area contributed by atoms with Crippen LogP contribution in [0.15, 0.2) is 18.2 Å². The predicted molar refractivity (Wildman–Crippen MR) is 80.5 cm³/mol. The molecule has 0 atom stereocenters. The van der Waals surface area contributed by atoms with Gasteiger partial charge in [0.25, 0.3) is 18.2 Å². The van der Waals surface area contributed by atoms with E-state index in [1.54, 1.807) is 13.8 Å². The summed E-state index contributed by atoms with van der Waals surface area (Å²) in [5, 5.41) is 8.63. The van der Waals surface area contributed by atoms with Gasteiger partial charge in [0.1, 0.15) is 5.82 Å². The monoisotopic (exact) mass is 340 g/mol. The number of aromatic nitrogens is 2. The third-order valence-corrected chi connectivity index (χ3v) is 3.35. The van der Waals surface area contributed by atoms with Gasteiger partial charge in [-0.15, -0.1) is 0 Å². The first kappa shape index (κ1) is 17.5. The molecular formula is C15H15F3N4O2. The molecule has 0 aliphatic rings. The summed E-state index contributed by atoms with van der Waals surface area (Å²) in [6.07, 6.45) is -3.06. The number of nitrogens with two attached hydrogens (primary N) is 1. The molecule has 6 nitrogen and oxygen atoms in total. The zero-order valence-corrected chi connectivity index (χ0v) is 12.9. The molecule has 0 radical (unpaired) electrons. The molecule has 1 heterocycles. The molecule has 0 aliphatic heterocycles. The molecule has 0 fully saturated rings. The number of alkyl halides is 2. The standard InChI is InChI=1S/C15H15F3N4O2/c1-6(2)10-11(12(14(19)23)22-21-10)20-15(24)8-5-3-4-7(9(8)16)13(17)18/h3-6,13H,1-2H3,(H2,19,23)(H,20,24)(H,21,22). The number of primary amides is 1. The first-order valence-corrected chi connectivity index (χ1v) is 7.00. The zero-order chi connectivity index (χ0) is 18.0. The molecule has 2 rings (SSSR count). The van der Waals surface area contributed by atoms with E-state index >= 15 is 0 Å². The number of nitrogens with one attached hydrogen (secondary N) is 2. The van der Waals surface area contributed by atoms with Gasteiger partial charge < -0.3 is 11.1 Å². The average molecular weight is 340 g/mol. The number of H-pyrrole nitrogens is 1. The third-order valence-electron chi connectivity index (χ3n) is 3.35. The van der Waals surface area contributed by atoms with Crippen molar-refractivity contribution in [2.45, 2.75) is 26.2 Å². The average Bonchev–Trinajstić information content (AvgIpc) is 2.90. The Labute approximate surface area is 135 Å². The predicted octanol–water partition coefficient (Wildman–Crippen LogP) is 2.96. The summed E-state index contributed by atoms with van der Waals surface area (Å²) in [6, 6.07) is 3.10. The van der Waals surface area contributed by atoms with Crippen LogP contribution >= 0.6 is 0 Å². The Balaban J connectivity index is 2.43. The Morgan fingerprint density at radius 1 is 1.29 bits per heavy atom. The van der Waals surface area contributed by atoms with Crippen LogP contribution in [0.4, 0.5) is 18.9 Å². The summed E-state index contributed by atoms with van der Waals surface area (Å²) in [6.45, 7) is 3.54. The lowest BCUT2D eigenvalue weighted by Gasteiger charge is -2.11. The van der Waals surface area contributed by atoms with Gasteiger partial charge in [-0.1, -0.05) is 26.0 Å². The molecule has 24 heavy (non-hydrogen) atoms. The van der Waals surface area contributed by atoms with Crippen molar-refractivity contribution in [2.24, 2.45) is 5.73 Å². The highest BCUT2D eigenvalue weighted by molar-refractivity contribution is 6.08. The van der Waals surface area contributed by atoms with Gasteiger partial charge in [-0.3, -0.25) is 14.7 Å². The number of amides is 2. The van der Waals surface area contributed by atoms with E-state index in [1.165, 1.54) is 0 Å². The number of anilines is 1.